The van der Waals surface area contributed by atoms with Crippen LogP contribution in [0.15, 0.2) is 12.4 Å². The molecule has 7 heteroatoms. The van der Waals surface area contributed by atoms with E-state index in [1.54, 1.807) is 24.0 Å². The van der Waals surface area contributed by atoms with Crippen LogP contribution in [-0.4, -0.2) is 43.9 Å². The lowest BCUT2D eigenvalue weighted by Gasteiger charge is -2.33. The van der Waals surface area contributed by atoms with Crippen molar-refractivity contribution in [3.8, 4) is 0 Å². The Kier molecular flexibility index (Phi) is 4.20. The molecule has 1 fully saturated rings. The predicted octanol–water partition coefficient (Wildman–Crippen LogP) is 2.33. The maximum atomic E-state index is 12.4. The van der Waals surface area contributed by atoms with Gasteiger partial charge < -0.3 is 15.3 Å². The lowest BCUT2D eigenvalue weighted by atomic mass is 9.93. The van der Waals surface area contributed by atoms with Gasteiger partial charge in [-0.25, -0.2) is 9.59 Å². The van der Waals surface area contributed by atoms with Gasteiger partial charge in [-0.2, -0.15) is 5.10 Å². The molecule has 0 aliphatic carbocycles. The van der Waals surface area contributed by atoms with Crippen molar-refractivity contribution in [2.75, 3.05) is 11.9 Å². The normalized spacial score (nSPS) is 21.8. The minimum atomic E-state index is -1.09. The molecule has 1 aromatic heterocycles. The first-order chi connectivity index (χ1) is 9.90. The Bertz CT molecular complexity index is 540. The molecule has 2 amide bonds. The number of nitrogens with one attached hydrogen (secondary N) is 1. The molecule has 0 bridgehead atoms. The van der Waals surface area contributed by atoms with Crippen LogP contribution >= 0.6 is 0 Å². The molecule has 21 heavy (non-hydrogen) atoms. The molecular weight excluding hydrogens is 272 g/mol. The van der Waals surface area contributed by atoms with Gasteiger partial charge in [0.25, 0.3) is 0 Å². The number of aromatic nitrogens is 2. The molecule has 116 valence electrons. The Balaban J connectivity index is 2.13. The SMILES string of the molecule is CCC1(C(=O)O)CCCN1C(=O)Nc1cnn(C(C)C)c1. The van der Waals surface area contributed by atoms with E-state index in [4.69, 9.17) is 0 Å². The number of likely N-dealkylation sites (tertiary alicyclic amines) is 1. The third-order valence-corrected chi connectivity index (χ3v) is 4.10. The van der Waals surface area contributed by atoms with Gasteiger partial charge in [-0.1, -0.05) is 6.92 Å². The largest absolute Gasteiger partial charge is 0.479 e. The molecule has 1 aliphatic rings. The number of rotatable bonds is 4. The van der Waals surface area contributed by atoms with Crippen LogP contribution < -0.4 is 5.32 Å². The highest BCUT2D eigenvalue weighted by Gasteiger charge is 2.48. The fraction of sp³-hybridized carbons (Fsp3) is 0.643. The number of amides is 2. The molecule has 0 radical (unpaired) electrons. The van der Waals surface area contributed by atoms with E-state index in [1.807, 2.05) is 13.8 Å². The monoisotopic (exact) mass is 294 g/mol. The van der Waals surface area contributed by atoms with Crippen molar-refractivity contribution in [3.63, 3.8) is 0 Å². The van der Waals surface area contributed by atoms with Crippen molar-refractivity contribution >= 4 is 17.7 Å². The summed E-state index contributed by atoms with van der Waals surface area (Å²) in [6, 6.07) is -0.170. The Hall–Kier alpha value is -2.05. The van der Waals surface area contributed by atoms with Crippen molar-refractivity contribution < 1.29 is 14.7 Å². The van der Waals surface area contributed by atoms with E-state index in [9.17, 15) is 14.7 Å². The van der Waals surface area contributed by atoms with Gasteiger partial charge in [-0.15, -0.1) is 0 Å². The molecule has 1 unspecified atom stereocenters. The second kappa shape index (κ2) is 5.75. The Morgan fingerprint density at radius 3 is 2.76 bits per heavy atom. The van der Waals surface area contributed by atoms with Crippen LogP contribution in [-0.2, 0) is 4.79 Å². The summed E-state index contributed by atoms with van der Waals surface area (Å²) in [6.07, 6.45) is 4.92. The van der Waals surface area contributed by atoms with Crippen LogP contribution in [0.4, 0.5) is 10.5 Å². The highest BCUT2D eigenvalue weighted by molar-refractivity contribution is 5.94. The van der Waals surface area contributed by atoms with Crippen molar-refractivity contribution in [2.45, 2.75) is 51.6 Å². The van der Waals surface area contributed by atoms with Gasteiger partial charge in [0.1, 0.15) is 5.54 Å². The summed E-state index contributed by atoms with van der Waals surface area (Å²) in [5, 5.41) is 16.4. The highest BCUT2D eigenvalue weighted by Crippen LogP contribution is 2.33. The molecule has 2 N–H and O–H groups in total. The van der Waals surface area contributed by atoms with Crippen LogP contribution in [0.2, 0.25) is 0 Å². The molecule has 1 aromatic rings. The second-order valence-corrected chi connectivity index (χ2v) is 5.68. The molecule has 7 nitrogen and oxygen atoms in total. The molecular formula is C14H22N4O3. The summed E-state index contributed by atoms with van der Waals surface area (Å²) in [4.78, 5) is 25.4. The minimum absolute atomic E-state index is 0.205. The Morgan fingerprint density at radius 1 is 1.52 bits per heavy atom. The number of hydrogen-bond donors (Lipinski definition) is 2. The van der Waals surface area contributed by atoms with E-state index < -0.39 is 11.5 Å². The van der Waals surface area contributed by atoms with Gasteiger partial charge in [-0.3, -0.25) is 4.68 Å². The van der Waals surface area contributed by atoms with Gasteiger partial charge in [0.2, 0.25) is 0 Å². The summed E-state index contributed by atoms with van der Waals surface area (Å²) in [7, 11) is 0. The summed E-state index contributed by atoms with van der Waals surface area (Å²) in [5.41, 5.74) is -0.506. The Morgan fingerprint density at radius 2 is 2.24 bits per heavy atom. The van der Waals surface area contributed by atoms with Crippen molar-refractivity contribution in [2.24, 2.45) is 0 Å². The number of urea groups is 1. The van der Waals surface area contributed by atoms with Gasteiger partial charge in [0.05, 0.1) is 11.9 Å². The maximum Gasteiger partial charge on any atom is 0.329 e. The Labute approximate surface area is 123 Å². The standard InChI is InChI=1S/C14H22N4O3/c1-4-14(12(19)20)6-5-7-17(14)13(21)16-11-8-15-18(9-11)10(2)3/h8-10H,4-7H2,1-3H3,(H,16,21)(H,19,20). The first-order valence-electron chi connectivity index (χ1n) is 7.27. The van der Waals surface area contributed by atoms with Gasteiger partial charge >= 0.3 is 12.0 Å². The van der Waals surface area contributed by atoms with E-state index >= 15 is 0 Å². The molecule has 1 saturated heterocycles. The van der Waals surface area contributed by atoms with Crippen LogP contribution in [0, 0.1) is 0 Å². The zero-order valence-corrected chi connectivity index (χ0v) is 12.7. The number of nitrogens with zero attached hydrogens (tertiary/aromatic N) is 3. The number of hydrogen-bond acceptors (Lipinski definition) is 3. The maximum absolute atomic E-state index is 12.4. The minimum Gasteiger partial charge on any atom is -0.479 e. The van der Waals surface area contributed by atoms with Crippen molar-refractivity contribution in [1.82, 2.24) is 14.7 Å². The molecule has 1 aliphatic heterocycles. The predicted molar refractivity (Wildman–Crippen MR) is 78.2 cm³/mol. The molecule has 0 spiro atoms. The van der Waals surface area contributed by atoms with Crippen molar-refractivity contribution in [3.05, 3.63) is 12.4 Å². The third-order valence-electron chi connectivity index (χ3n) is 4.10. The first kappa shape index (κ1) is 15.3. The molecule has 2 heterocycles. The van der Waals surface area contributed by atoms with E-state index in [1.165, 1.54) is 4.90 Å². The van der Waals surface area contributed by atoms with Crippen LogP contribution in [0.1, 0.15) is 46.1 Å². The number of carbonyl (C=O) groups excluding carboxylic acids is 1. The average Bonchev–Trinajstić information content (AvgIpc) is 3.04. The van der Waals surface area contributed by atoms with Crippen LogP contribution in [0.3, 0.4) is 0 Å². The summed E-state index contributed by atoms with van der Waals surface area (Å²) in [6.45, 7) is 6.25. The summed E-state index contributed by atoms with van der Waals surface area (Å²) in [5.74, 6) is -0.935. The third kappa shape index (κ3) is 2.72. The second-order valence-electron chi connectivity index (χ2n) is 5.68. The topological polar surface area (TPSA) is 87.5 Å². The molecule has 0 aromatic carbocycles. The van der Waals surface area contributed by atoms with Gasteiger partial charge in [0.15, 0.2) is 0 Å². The highest BCUT2D eigenvalue weighted by atomic mass is 16.4. The van der Waals surface area contributed by atoms with E-state index in [-0.39, 0.29) is 12.1 Å². The summed E-state index contributed by atoms with van der Waals surface area (Å²) >= 11 is 0. The first-order valence-corrected chi connectivity index (χ1v) is 7.27. The van der Waals surface area contributed by atoms with Gasteiger partial charge in [-0.05, 0) is 33.1 Å². The lowest BCUT2D eigenvalue weighted by Crippen LogP contribution is -2.54. The van der Waals surface area contributed by atoms with Crippen molar-refractivity contribution in [1.29, 1.82) is 0 Å². The smallest absolute Gasteiger partial charge is 0.329 e. The fourth-order valence-corrected chi connectivity index (χ4v) is 2.79. The zero-order chi connectivity index (χ0) is 15.6. The van der Waals surface area contributed by atoms with E-state index in [2.05, 4.69) is 10.4 Å². The molecule has 1 atom stereocenters. The van der Waals surface area contributed by atoms with E-state index in [0.29, 0.717) is 31.5 Å². The molecule has 2 rings (SSSR count). The number of carboxylic acid groups (broad SMARTS) is 1. The quantitative estimate of drug-likeness (QED) is 0.892. The fourth-order valence-electron chi connectivity index (χ4n) is 2.79. The number of aliphatic carboxylic acids is 1. The van der Waals surface area contributed by atoms with Crippen LogP contribution in [0.25, 0.3) is 0 Å². The van der Waals surface area contributed by atoms with Crippen LogP contribution in [0.5, 0.6) is 0 Å². The zero-order valence-electron chi connectivity index (χ0n) is 12.7. The van der Waals surface area contributed by atoms with E-state index in [0.717, 1.165) is 0 Å². The molecule has 0 saturated carbocycles. The number of carboxylic acids is 1. The number of carbonyl (C=O) groups is 2. The average molecular weight is 294 g/mol. The number of anilines is 1. The van der Waals surface area contributed by atoms with Gasteiger partial charge in [0, 0.05) is 18.8 Å². The summed E-state index contributed by atoms with van der Waals surface area (Å²) < 4.78 is 1.74. The lowest BCUT2D eigenvalue weighted by molar-refractivity contribution is -0.148.